The van der Waals surface area contributed by atoms with E-state index in [1.165, 1.54) is 0 Å². The zero-order valence-corrected chi connectivity index (χ0v) is 33.6. The third-order valence-electron chi connectivity index (χ3n) is 7.89. The maximum atomic E-state index is 13.1. The molecule has 0 amide bonds. The van der Waals surface area contributed by atoms with E-state index in [0.29, 0.717) is 51.4 Å². The molecule has 0 bridgehead atoms. The van der Waals surface area contributed by atoms with E-state index in [9.17, 15) is 20.4 Å². The Morgan fingerprint density at radius 2 is 0.500 bits per heavy atom. The lowest BCUT2D eigenvalue weighted by Crippen LogP contribution is -2.85. The third kappa shape index (κ3) is 13.4. The van der Waals surface area contributed by atoms with E-state index in [-0.39, 0.29) is 52.9 Å². The third-order valence-corrected chi connectivity index (χ3v) is 7.89. The van der Waals surface area contributed by atoms with E-state index >= 15 is 0 Å². The second-order valence-corrected chi connectivity index (χ2v) is 12.7. The molecule has 0 fully saturated rings. The van der Waals surface area contributed by atoms with E-state index in [0.717, 1.165) is 10.0 Å². The van der Waals surface area contributed by atoms with Crippen LogP contribution in [0.1, 0.15) is 134 Å². The molecule has 0 aromatic heterocycles. The van der Waals surface area contributed by atoms with Gasteiger partial charge < -0.3 is 58.3 Å². The number of rotatable bonds is 33. The first-order valence-electron chi connectivity index (χ1n) is 19.2. The summed E-state index contributed by atoms with van der Waals surface area (Å²) in [6, 6.07) is 0. The van der Waals surface area contributed by atoms with Crippen LogP contribution in [-0.2, 0) is 37.9 Å². The number of hydrazine groups is 1. The van der Waals surface area contributed by atoms with Crippen molar-refractivity contribution >= 4 is 0 Å². The highest BCUT2D eigenvalue weighted by Crippen LogP contribution is 2.44. The number of aliphatic hydroxyl groups is 4. The van der Waals surface area contributed by atoms with Gasteiger partial charge in [-0.15, -0.1) is 10.0 Å². The van der Waals surface area contributed by atoms with Gasteiger partial charge in [-0.2, -0.15) is 0 Å². The Morgan fingerprint density at radius 1 is 0.340 bits per heavy atom. The van der Waals surface area contributed by atoms with Crippen LogP contribution >= 0.6 is 0 Å². The maximum absolute atomic E-state index is 13.1. The Morgan fingerprint density at radius 3 is 0.640 bits per heavy atom. The van der Waals surface area contributed by atoms with E-state index in [1.807, 2.05) is 55.4 Å². The highest BCUT2D eigenvalue weighted by molar-refractivity contribution is 4.94. The molecule has 14 heteroatoms. The molecule has 0 saturated carbocycles. The fourth-order valence-corrected chi connectivity index (χ4v) is 5.06. The number of hydrogen-bond donors (Lipinski definition) is 4. The molecule has 0 aliphatic heterocycles. The topological polar surface area (TPSA) is 161 Å². The molecule has 8 atom stereocenters. The average Bonchev–Trinajstić information content (AvgIpc) is 3.11. The Hall–Kier alpha value is -0.560. The molecular formula is C36H76N2O12. The van der Waals surface area contributed by atoms with Crippen molar-refractivity contribution in [2.75, 3.05) is 52.9 Å². The van der Waals surface area contributed by atoms with Crippen molar-refractivity contribution < 1.29 is 58.3 Å². The molecule has 0 aliphatic carbocycles. The predicted octanol–water partition coefficient (Wildman–Crippen LogP) is 5.06. The van der Waals surface area contributed by atoms with Crippen LogP contribution in [0.15, 0.2) is 0 Å². The lowest BCUT2D eigenvalue weighted by atomic mass is 10.1. The summed E-state index contributed by atoms with van der Waals surface area (Å²) >= 11 is 0. The van der Waals surface area contributed by atoms with E-state index in [4.69, 9.17) is 37.9 Å². The minimum Gasteiger partial charge on any atom is -0.371 e. The van der Waals surface area contributed by atoms with Crippen molar-refractivity contribution in [1.29, 1.82) is 0 Å². The highest BCUT2D eigenvalue weighted by atomic mass is 16.8. The lowest BCUT2D eigenvalue weighted by Gasteiger charge is -2.61. The molecule has 0 radical (unpaired) electrons. The van der Waals surface area contributed by atoms with Crippen molar-refractivity contribution in [1.82, 2.24) is 10.0 Å². The normalized spacial score (nSPS) is 19.8. The van der Waals surface area contributed by atoms with Gasteiger partial charge in [-0.05, 0) is 79.1 Å². The number of ether oxygens (including phenoxy) is 8. The van der Waals surface area contributed by atoms with E-state index < -0.39 is 48.1 Å². The lowest BCUT2D eigenvalue weighted by molar-refractivity contribution is -0.582. The van der Waals surface area contributed by atoms with Crippen molar-refractivity contribution in [2.45, 2.75) is 183 Å². The van der Waals surface area contributed by atoms with Gasteiger partial charge in [-0.1, -0.05) is 55.4 Å². The zero-order valence-electron chi connectivity index (χ0n) is 33.6. The smallest absolute Gasteiger partial charge is 0.272 e. The van der Waals surface area contributed by atoms with Crippen LogP contribution < -0.4 is 0 Å². The minimum absolute atomic E-state index is 0.0268. The van der Waals surface area contributed by atoms with Gasteiger partial charge in [0.2, 0.25) is 0 Å². The molecule has 0 aromatic carbocycles. The van der Waals surface area contributed by atoms with Gasteiger partial charge >= 0.3 is 0 Å². The van der Waals surface area contributed by atoms with Crippen molar-refractivity contribution in [2.24, 2.45) is 0 Å². The van der Waals surface area contributed by atoms with Gasteiger partial charge in [0.05, 0.1) is 26.4 Å². The largest absolute Gasteiger partial charge is 0.371 e. The van der Waals surface area contributed by atoms with Crippen LogP contribution in [-0.4, -0.2) is 131 Å². The van der Waals surface area contributed by atoms with Gasteiger partial charge in [0, 0.05) is 26.4 Å². The quantitative estimate of drug-likeness (QED) is 0.0525. The predicted molar refractivity (Wildman–Crippen MR) is 191 cm³/mol. The average molecular weight is 729 g/mol. The molecule has 0 aliphatic rings. The summed E-state index contributed by atoms with van der Waals surface area (Å²) in [6.45, 7) is 22.1. The first-order valence-corrected chi connectivity index (χ1v) is 19.2. The molecule has 0 rings (SSSR count). The molecule has 0 spiro atoms. The molecule has 302 valence electrons. The molecule has 50 heavy (non-hydrogen) atoms. The molecule has 0 heterocycles. The summed E-state index contributed by atoms with van der Waals surface area (Å²) < 4.78 is 49.6. The fourth-order valence-electron chi connectivity index (χ4n) is 5.06. The van der Waals surface area contributed by atoms with Crippen LogP contribution in [0.5, 0.6) is 0 Å². The Balaban J connectivity index is 8.77. The van der Waals surface area contributed by atoms with Gasteiger partial charge in [-0.3, -0.25) is 0 Å². The molecule has 14 nitrogen and oxygen atoms in total. The molecule has 0 aromatic rings. The summed E-state index contributed by atoms with van der Waals surface area (Å²) in [5, 5.41) is 54.1. The summed E-state index contributed by atoms with van der Waals surface area (Å²) in [5.41, 5.74) is 0. The Labute approximate surface area is 303 Å². The first-order chi connectivity index (χ1) is 23.7. The summed E-state index contributed by atoms with van der Waals surface area (Å²) in [5.74, 6) is -10.7. The zero-order chi connectivity index (χ0) is 38.4. The molecule has 8 unspecified atom stereocenters. The maximum Gasteiger partial charge on any atom is 0.272 e. The van der Waals surface area contributed by atoms with Crippen LogP contribution in [0.3, 0.4) is 0 Å². The van der Waals surface area contributed by atoms with Gasteiger partial charge in [0.25, 0.3) is 23.6 Å². The summed E-state index contributed by atoms with van der Waals surface area (Å²) in [4.78, 5) is 0. The second-order valence-electron chi connectivity index (χ2n) is 12.7. The SMILES string of the molecule is CCCOC(C)C(O)(OCCC)N(N(C(O)(OCCC)C(C)OCCC)C(O)(OCCC)C(C)OCCC)C(O)(OCCC)C(C)OCCC. The van der Waals surface area contributed by atoms with Crippen molar-refractivity contribution in [3.63, 3.8) is 0 Å². The molecule has 0 saturated heterocycles. The Kier molecular flexibility index (Phi) is 25.2. The monoisotopic (exact) mass is 729 g/mol. The highest BCUT2D eigenvalue weighted by Gasteiger charge is 2.69. The number of nitrogens with zero attached hydrogens (tertiary/aromatic N) is 2. The van der Waals surface area contributed by atoms with E-state index in [1.54, 1.807) is 27.7 Å². The number of hydrogen-bond acceptors (Lipinski definition) is 14. The first kappa shape index (κ1) is 49.4. The van der Waals surface area contributed by atoms with Gasteiger partial charge in [-0.25, -0.2) is 0 Å². The van der Waals surface area contributed by atoms with Crippen molar-refractivity contribution in [3.05, 3.63) is 0 Å². The van der Waals surface area contributed by atoms with Crippen LogP contribution in [0.25, 0.3) is 0 Å². The van der Waals surface area contributed by atoms with Crippen LogP contribution in [0, 0.1) is 0 Å². The molecular weight excluding hydrogens is 652 g/mol. The minimum atomic E-state index is -2.68. The fraction of sp³-hybridized carbons (Fsp3) is 1.00. The van der Waals surface area contributed by atoms with Crippen LogP contribution in [0.2, 0.25) is 0 Å². The van der Waals surface area contributed by atoms with Gasteiger partial charge in [0.1, 0.15) is 24.4 Å². The molecule has 4 N–H and O–H groups in total. The Bertz CT molecular complexity index is 719. The standard InChI is InChI=1S/C36H76N2O12/c1-13-21-43-29(9)33(39,47-25-17-5)37(34(40,48-26-18-6)30(10)44-22-14-2)38(35(41,49-27-19-7)31(11)45-23-15-3)36(42,50-28-20-8)32(12)46-24-16-4/h29-32,39-42H,13-28H2,1-12H3. The summed E-state index contributed by atoms with van der Waals surface area (Å²) in [6.07, 6.45) is -0.762. The summed E-state index contributed by atoms with van der Waals surface area (Å²) in [7, 11) is 0. The van der Waals surface area contributed by atoms with Gasteiger partial charge in [0.15, 0.2) is 0 Å². The van der Waals surface area contributed by atoms with E-state index in [2.05, 4.69) is 0 Å². The second kappa shape index (κ2) is 25.5. The van der Waals surface area contributed by atoms with Crippen molar-refractivity contribution in [3.8, 4) is 0 Å². The van der Waals surface area contributed by atoms with Crippen LogP contribution in [0.4, 0.5) is 0 Å².